The van der Waals surface area contributed by atoms with Crippen molar-refractivity contribution in [2.75, 3.05) is 51.4 Å². The van der Waals surface area contributed by atoms with Gasteiger partial charge in [0.25, 0.3) is 5.91 Å². The van der Waals surface area contributed by atoms with E-state index >= 15 is 0 Å². The number of carbonyl (C=O) groups is 1. The fourth-order valence-corrected chi connectivity index (χ4v) is 3.72. The molecule has 0 radical (unpaired) electrons. The number of methoxy groups -OCH3 is 1. The zero-order valence-corrected chi connectivity index (χ0v) is 17.9. The summed E-state index contributed by atoms with van der Waals surface area (Å²) >= 11 is 6.33. The second-order valence-electron chi connectivity index (χ2n) is 6.60. The van der Waals surface area contributed by atoms with E-state index in [9.17, 15) is 4.79 Å². The number of carbonyl (C=O) groups excluding carboxylic acids is 1. The van der Waals surface area contributed by atoms with Crippen molar-refractivity contribution in [3.8, 4) is 17.2 Å². The Balaban J connectivity index is 1.71. The standard InChI is InChI=1S/C22H27ClN2O4/c1-4-28-19-9-7-6-8-18(19)24-10-12-25(13-11-24)22(26)16-14-17(23)21(29-5-2)20(15-16)27-3/h6-9,14-15H,4-5,10-13H2,1-3H3. The Kier molecular flexibility index (Phi) is 7.09. The van der Waals surface area contributed by atoms with Crippen LogP contribution in [0.4, 0.5) is 5.69 Å². The summed E-state index contributed by atoms with van der Waals surface area (Å²) in [5.74, 6) is 1.74. The predicted molar refractivity (Wildman–Crippen MR) is 115 cm³/mol. The van der Waals surface area contributed by atoms with Crippen LogP contribution in [0.25, 0.3) is 0 Å². The van der Waals surface area contributed by atoms with Gasteiger partial charge in [-0.25, -0.2) is 0 Å². The molecule has 0 saturated carbocycles. The highest BCUT2D eigenvalue weighted by Crippen LogP contribution is 2.37. The fourth-order valence-electron chi connectivity index (χ4n) is 3.46. The van der Waals surface area contributed by atoms with Crippen molar-refractivity contribution in [3.63, 3.8) is 0 Å². The molecule has 1 aliphatic rings. The van der Waals surface area contributed by atoms with Crippen LogP contribution in [0.15, 0.2) is 36.4 Å². The Hall–Kier alpha value is -2.60. The average Bonchev–Trinajstić information content (AvgIpc) is 2.75. The van der Waals surface area contributed by atoms with Gasteiger partial charge in [-0.3, -0.25) is 4.79 Å². The summed E-state index contributed by atoms with van der Waals surface area (Å²) in [6, 6.07) is 11.3. The molecule has 1 amide bonds. The molecule has 0 bridgehead atoms. The highest BCUT2D eigenvalue weighted by molar-refractivity contribution is 6.32. The average molecular weight is 419 g/mol. The van der Waals surface area contributed by atoms with Gasteiger partial charge in [0.15, 0.2) is 11.5 Å². The number of hydrogen-bond acceptors (Lipinski definition) is 5. The maximum absolute atomic E-state index is 13.0. The van der Waals surface area contributed by atoms with Gasteiger partial charge in [-0.2, -0.15) is 0 Å². The minimum atomic E-state index is -0.0639. The highest BCUT2D eigenvalue weighted by Gasteiger charge is 2.25. The quantitative estimate of drug-likeness (QED) is 0.677. The van der Waals surface area contributed by atoms with Gasteiger partial charge in [0.1, 0.15) is 5.75 Å². The Morgan fingerprint density at radius 1 is 1.00 bits per heavy atom. The van der Waals surface area contributed by atoms with E-state index in [1.165, 1.54) is 7.11 Å². The molecule has 1 saturated heterocycles. The number of piperazine rings is 1. The number of rotatable bonds is 7. The maximum atomic E-state index is 13.0. The van der Waals surface area contributed by atoms with Crippen LogP contribution in [-0.4, -0.2) is 57.3 Å². The van der Waals surface area contributed by atoms with Gasteiger partial charge in [-0.15, -0.1) is 0 Å². The lowest BCUT2D eigenvalue weighted by molar-refractivity contribution is 0.0746. The maximum Gasteiger partial charge on any atom is 0.254 e. The van der Waals surface area contributed by atoms with E-state index in [1.807, 2.05) is 36.9 Å². The molecular weight excluding hydrogens is 392 g/mol. The smallest absolute Gasteiger partial charge is 0.254 e. The molecule has 1 fully saturated rings. The summed E-state index contributed by atoms with van der Waals surface area (Å²) in [5, 5.41) is 0.374. The zero-order valence-electron chi connectivity index (χ0n) is 17.1. The molecular formula is C22H27ClN2O4. The predicted octanol–water partition coefficient (Wildman–Crippen LogP) is 4.11. The molecule has 1 heterocycles. The number of halogens is 1. The molecule has 7 heteroatoms. The Bertz CT molecular complexity index is 851. The van der Waals surface area contributed by atoms with E-state index in [1.54, 1.807) is 12.1 Å². The molecule has 0 atom stereocenters. The lowest BCUT2D eigenvalue weighted by Crippen LogP contribution is -2.48. The Morgan fingerprint density at radius 2 is 1.69 bits per heavy atom. The first-order chi connectivity index (χ1) is 14.1. The van der Waals surface area contributed by atoms with Crippen molar-refractivity contribution in [1.82, 2.24) is 4.90 Å². The normalized spacial score (nSPS) is 13.9. The summed E-state index contributed by atoms with van der Waals surface area (Å²) in [7, 11) is 1.54. The van der Waals surface area contributed by atoms with E-state index in [0.717, 1.165) is 24.5 Å². The molecule has 0 aromatic heterocycles. The van der Waals surface area contributed by atoms with Gasteiger partial charge in [0.2, 0.25) is 0 Å². The molecule has 0 N–H and O–H groups in total. The third-order valence-electron chi connectivity index (χ3n) is 4.84. The number of hydrogen-bond donors (Lipinski definition) is 0. The number of benzene rings is 2. The molecule has 2 aromatic carbocycles. The highest BCUT2D eigenvalue weighted by atomic mass is 35.5. The second kappa shape index (κ2) is 9.74. The molecule has 1 aliphatic heterocycles. The summed E-state index contributed by atoms with van der Waals surface area (Å²) in [6.45, 7) is 7.64. The topological polar surface area (TPSA) is 51.2 Å². The lowest BCUT2D eigenvalue weighted by atomic mass is 10.1. The van der Waals surface area contributed by atoms with Gasteiger partial charge < -0.3 is 24.0 Å². The van der Waals surface area contributed by atoms with Crippen molar-refractivity contribution in [2.24, 2.45) is 0 Å². The summed E-state index contributed by atoms with van der Waals surface area (Å²) in [5.41, 5.74) is 1.56. The molecule has 0 unspecified atom stereocenters. The van der Waals surface area contributed by atoms with Crippen LogP contribution in [0.2, 0.25) is 5.02 Å². The molecule has 0 spiro atoms. The molecule has 0 aliphatic carbocycles. The van der Waals surface area contributed by atoms with E-state index < -0.39 is 0 Å². The minimum absolute atomic E-state index is 0.0639. The third kappa shape index (κ3) is 4.70. The van der Waals surface area contributed by atoms with Crippen molar-refractivity contribution in [1.29, 1.82) is 0 Å². The second-order valence-corrected chi connectivity index (χ2v) is 7.01. The van der Waals surface area contributed by atoms with E-state index in [0.29, 0.717) is 48.4 Å². The molecule has 29 heavy (non-hydrogen) atoms. The summed E-state index contributed by atoms with van der Waals surface area (Å²) < 4.78 is 16.6. The zero-order chi connectivity index (χ0) is 20.8. The lowest BCUT2D eigenvalue weighted by Gasteiger charge is -2.36. The van der Waals surface area contributed by atoms with E-state index in [4.69, 9.17) is 25.8 Å². The van der Waals surface area contributed by atoms with Gasteiger partial charge in [-0.05, 0) is 38.1 Å². The number of amides is 1. The number of para-hydroxylation sites is 2. The van der Waals surface area contributed by atoms with E-state index in [-0.39, 0.29) is 5.91 Å². The summed E-state index contributed by atoms with van der Waals surface area (Å²) in [4.78, 5) is 17.1. The van der Waals surface area contributed by atoms with Gasteiger partial charge >= 0.3 is 0 Å². The Morgan fingerprint density at radius 3 is 2.34 bits per heavy atom. The SMILES string of the molecule is CCOc1ccccc1N1CCN(C(=O)c2cc(Cl)c(OCC)c(OC)c2)CC1. The number of nitrogens with zero attached hydrogens (tertiary/aromatic N) is 2. The first-order valence-electron chi connectivity index (χ1n) is 9.85. The third-order valence-corrected chi connectivity index (χ3v) is 5.12. The summed E-state index contributed by atoms with van der Waals surface area (Å²) in [6.07, 6.45) is 0. The van der Waals surface area contributed by atoms with Gasteiger partial charge in [-0.1, -0.05) is 23.7 Å². The monoisotopic (exact) mass is 418 g/mol. The van der Waals surface area contributed by atoms with Crippen LogP contribution in [0.5, 0.6) is 17.2 Å². The minimum Gasteiger partial charge on any atom is -0.493 e. The van der Waals surface area contributed by atoms with Crippen LogP contribution < -0.4 is 19.1 Å². The van der Waals surface area contributed by atoms with Gasteiger partial charge in [0.05, 0.1) is 31.0 Å². The van der Waals surface area contributed by atoms with Crippen molar-refractivity contribution < 1.29 is 19.0 Å². The van der Waals surface area contributed by atoms with Crippen LogP contribution in [0, 0.1) is 0 Å². The van der Waals surface area contributed by atoms with Crippen molar-refractivity contribution in [3.05, 3.63) is 47.0 Å². The van der Waals surface area contributed by atoms with Gasteiger partial charge in [0, 0.05) is 31.7 Å². The molecule has 2 aromatic rings. The van der Waals surface area contributed by atoms with Crippen molar-refractivity contribution in [2.45, 2.75) is 13.8 Å². The van der Waals surface area contributed by atoms with Crippen LogP contribution in [-0.2, 0) is 0 Å². The molecule has 156 valence electrons. The number of anilines is 1. The van der Waals surface area contributed by atoms with E-state index in [2.05, 4.69) is 11.0 Å². The first kappa shape index (κ1) is 21.1. The van der Waals surface area contributed by atoms with Crippen molar-refractivity contribution >= 4 is 23.2 Å². The largest absolute Gasteiger partial charge is 0.493 e. The first-order valence-corrected chi connectivity index (χ1v) is 10.2. The Labute approximate surface area is 176 Å². The van der Waals surface area contributed by atoms with Crippen LogP contribution in [0.3, 0.4) is 0 Å². The molecule has 6 nitrogen and oxygen atoms in total. The fraction of sp³-hybridized carbons (Fsp3) is 0.409. The van der Waals surface area contributed by atoms with Crippen LogP contribution in [0.1, 0.15) is 24.2 Å². The molecule has 3 rings (SSSR count). The number of ether oxygens (including phenoxy) is 3. The van der Waals surface area contributed by atoms with Crippen LogP contribution >= 0.6 is 11.6 Å².